The van der Waals surface area contributed by atoms with Crippen molar-refractivity contribution in [3.05, 3.63) is 0 Å². The van der Waals surface area contributed by atoms with Crippen molar-refractivity contribution in [2.45, 2.75) is 26.2 Å². The van der Waals surface area contributed by atoms with E-state index in [4.69, 9.17) is 5.26 Å². The average molecular weight is 178 g/mol. The zero-order valence-electron chi connectivity index (χ0n) is 8.58. The highest BCUT2D eigenvalue weighted by Gasteiger charge is 2.54. The molecule has 1 saturated heterocycles. The van der Waals surface area contributed by atoms with E-state index in [-0.39, 0.29) is 5.41 Å². The van der Waals surface area contributed by atoms with E-state index in [0.29, 0.717) is 5.92 Å². The van der Waals surface area contributed by atoms with Gasteiger partial charge in [0.2, 0.25) is 0 Å². The van der Waals surface area contributed by atoms with Gasteiger partial charge in [-0.05, 0) is 51.6 Å². The van der Waals surface area contributed by atoms with E-state index >= 15 is 0 Å². The molecule has 0 aromatic heterocycles. The summed E-state index contributed by atoms with van der Waals surface area (Å²) < 4.78 is 0. The molecule has 0 amide bonds. The molecule has 2 aliphatic rings. The molecule has 2 nitrogen and oxygen atoms in total. The quantitative estimate of drug-likeness (QED) is 0.613. The summed E-state index contributed by atoms with van der Waals surface area (Å²) in [5, 5.41) is 8.97. The van der Waals surface area contributed by atoms with Gasteiger partial charge in [-0.25, -0.2) is 0 Å². The lowest BCUT2D eigenvalue weighted by molar-refractivity contribution is 0.185. The third-order valence-electron chi connectivity index (χ3n) is 3.79. The van der Waals surface area contributed by atoms with Gasteiger partial charge in [0.25, 0.3) is 0 Å². The molecule has 0 radical (unpaired) electrons. The summed E-state index contributed by atoms with van der Waals surface area (Å²) in [6, 6.07) is 2.46. The number of piperidine rings is 1. The summed E-state index contributed by atoms with van der Waals surface area (Å²) in [5.41, 5.74) is 0.0306. The zero-order valence-corrected chi connectivity index (χ0v) is 8.58. The topological polar surface area (TPSA) is 27.0 Å². The lowest BCUT2D eigenvalue weighted by atomic mass is 9.89. The maximum atomic E-state index is 8.97. The largest absolute Gasteiger partial charge is 0.306 e. The van der Waals surface area contributed by atoms with E-state index in [1.165, 1.54) is 25.9 Å². The molecule has 0 bridgehead atoms. The van der Waals surface area contributed by atoms with E-state index in [0.717, 1.165) is 12.3 Å². The normalized spacial score (nSPS) is 45.6. The van der Waals surface area contributed by atoms with Crippen molar-refractivity contribution in [2.75, 3.05) is 20.1 Å². The first kappa shape index (κ1) is 9.02. The fourth-order valence-corrected chi connectivity index (χ4v) is 2.75. The Labute approximate surface area is 80.5 Å². The molecule has 13 heavy (non-hydrogen) atoms. The summed E-state index contributed by atoms with van der Waals surface area (Å²) in [6.07, 6.45) is 3.80. The van der Waals surface area contributed by atoms with Crippen molar-refractivity contribution in [2.24, 2.45) is 17.3 Å². The Hall–Kier alpha value is -0.550. The van der Waals surface area contributed by atoms with Gasteiger partial charge < -0.3 is 4.90 Å². The summed E-state index contributed by atoms with van der Waals surface area (Å²) in [7, 11) is 2.19. The highest BCUT2D eigenvalue weighted by molar-refractivity contribution is 5.15. The van der Waals surface area contributed by atoms with Gasteiger partial charge >= 0.3 is 0 Å². The van der Waals surface area contributed by atoms with Crippen molar-refractivity contribution >= 4 is 0 Å². The van der Waals surface area contributed by atoms with E-state index in [9.17, 15) is 0 Å². The predicted octanol–water partition coefficient (Wildman–Crippen LogP) is 1.88. The molecule has 1 aliphatic carbocycles. The Morgan fingerprint density at radius 1 is 1.54 bits per heavy atom. The SMILES string of the molecule is CN1CCCC(C2CC2(C)C#N)C1. The summed E-state index contributed by atoms with van der Waals surface area (Å²) in [6.45, 7) is 4.57. The maximum absolute atomic E-state index is 8.97. The van der Waals surface area contributed by atoms with Gasteiger partial charge in [0.05, 0.1) is 11.5 Å². The van der Waals surface area contributed by atoms with Crippen LogP contribution in [0.25, 0.3) is 0 Å². The molecule has 72 valence electrons. The fraction of sp³-hybridized carbons (Fsp3) is 0.909. The monoisotopic (exact) mass is 178 g/mol. The van der Waals surface area contributed by atoms with Gasteiger partial charge in [-0.3, -0.25) is 0 Å². The minimum absolute atomic E-state index is 0.0306. The van der Waals surface area contributed by atoms with Gasteiger partial charge in [-0.2, -0.15) is 5.26 Å². The van der Waals surface area contributed by atoms with Crippen LogP contribution in [0.4, 0.5) is 0 Å². The molecule has 1 saturated carbocycles. The van der Waals surface area contributed by atoms with Crippen molar-refractivity contribution in [1.82, 2.24) is 4.90 Å². The number of nitrogens with zero attached hydrogens (tertiary/aromatic N) is 2. The van der Waals surface area contributed by atoms with Gasteiger partial charge in [0.15, 0.2) is 0 Å². The van der Waals surface area contributed by atoms with Crippen LogP contribution in [0, 0.1) is 28.6 Å². The molecular formula is C11H18N2. The molecular weight excluding hydrogens is 160 g/mol. The number of likely N-dealkylation sites (tertiary alicyclic amines) is 1. The van der Waals surface area contributed by atoms with Crippen molar-refractivity contribution in [1.29, 1.82) is 5.26 Å². The van der Waals surface area contributed by atoms with Crippen LogP contribution >= 0.6 is 0 Å². The number of rotatable bonds is 1. The molecule has 2 rings (SSSR count). The lowest BCUT2D eigenvalue weighted by Crippen LogP contribution is -2.33. The van der Waals surface area contributed by atoms with Crippen LogP contribution in [0.1, 0.15) is 26.2 Å². The minimum Gasteiger partial charge on any atom is -0.306 e. The van der Waals surface area contributed by atoms with Crippen LogP contribution in [0.15, 0.2) is 0 Å². The van der Waals surface area contributed by atoms with E-state index in [1.54, 1.807) is 0 Å². The first-order chi connectivity index (χ1) is 6.15. The van der Waals surface area contributed by atoms with Gasteiger partial charge in [0.1, 0.15) is 0 Å². The molecule has 0 N–H and O–H groups in total. The molecule has 3 unspecified atom stereocenters. The summed E-state index contributed by atoms with van der Waals surface area (Å²) in [5.74, 6) is 1.49. The second-order valence-corrected chi connectivity index (χ2v) is 5.00. The molecule has 0 aromatic rings. The Balaban J connectivity index is 1.93. The van der Waals surface area contributed by atoms with Crippen LogP contribution in [0.3, 0.4) is 0 Å². The molecule has 1 heterocycles. The van der Waals surface area contributed by atoms with Crippen molar-refractivity contribution < 1.29 is 0 Å². The second-order valence-electron chi connectivity index (χ2n) is 5.00. The lowest BCUT2D eigenvalue weighted by Gasteiger charge is -2.30. The number of hydrogen-bond acceptors (Lipinski definition) is 2. The van der Waals surface area contributed by atoms with Crippen LogP contribution in [0.2, 0.25) is 0 Å². The third kappa shape index (κ3) is 1.58. The molecule has 0 spiro atoms. The van der Waals surface area contributed by atoms with E-state index in [2.05, 4.69) is 24.9 Å². The zero-order chi connectivity index (χ0) is 9.47. The predicted molar refractivity (Wildman–Crippen MR) is 52.0 cm³/mol. The number of nitriles is 1. The standard InChI is InChI=1S/C11H18N2/c1-11(8-12)6-10(11)9-4-3-5-13(2)7-9/h9-10H,3-7H2,1-2H3. The molecule has 1 aliphatic heterocycles. The highest BCUT2D eigenvalue weighted by Crippen LogP contribution is 2.57. The molecule has 2 fully saturated rings. The van der Waals surface area contributed by atoms with Crippen LogP contribution in [-0.2, 0) is 0 Å². The van der Waals surface area contributed by atoms with Gasteiger partial charge in [0, 0.05) is 6.54 Å². The highest BCUT2D eigenvalue weighted by atomic mass is 15.1. The Morgan fingerprint density at radius 3 is 2.85 bits per heavy atom. The van der Waals surface area contributed by atoms with Crippen LogP contribution in [-0.4, -0.2) is 25.0 Å². The Kier molecular flexibility index (Phi) is 2.08. The molecule has 3 atom stereocenters. The number of hydrogen-bond donors (Lipinski definition) is 0. The smallest absolute Gasteiger partial charge is 0.0689 e. The second kappa shape index (κ2) is 2.99. The minimum atomic E-state index is 0.0306. The van der Waals surface area contributed by atoms with Crippen LogP contribution in [0.5, 0.6) is 0 Å². The van der Waals surface area contributed by atoms with Crippen molar-refractivity contribution in [3.63, 3.8) is 0 Å². The van der Waals surface area contributed by atoms with Crippen LogP contribution < -0.4 is 0 Å². The third-order valence-corrected chi connectivity index (χ3v) is 3.79. The van der Waals surface area contributed by atoms with E-state index < -0.39 is 0 Å². The molecule has 2 heteroatoms. The van der Waals surface area contributed by atoms with Gasteiger partial charge in [-0.1, -0.05) is 0 Å². The summed E-state index contributed by atoms with van der Waals surface area (Å²) in [4.78, 5) is 2.41. The Morgan fingerprint density at radius 2 is 2.31 bits per heavy atom. The van der Waals surface area contributed by atoms with Crippen molar-refractivity contribution in [3.8, 4) is 6.07 Å². The maximum Gasteiger partial charge on any atom is 0.0689 e. The van der Waals surface area contributed by atoms with Gasteiger partial charge in [-0.15, -0.1) is 0 Å². The van der Waals surface area contributed by atoms with E-state index in [1.807, 2.05) is 0 Å². The molecule has 0 aromatic carbocycles. The summed E-state index contributed by atoms with van der Waals surface area (Å²) >= 11 is 0. The Bertz CT molecular complexity index is 243. The first-order valence-electron chi connectivity index (χ1n) is 5.25. The first-order valence-corrected chi connectivity index (χ1v) is 5.25. The average Bonchev–Trinajstić information content (AvgIpc) is 2.79. The fourth-order valence-electron chi connectivity index (χ4n) is 2.75.